The van der Waals surface area contributed by atoms with Crippen LogP contribution in [0, 0.1) is 5.41 Å². The van der Waals surface area contributed by atoms with Crippen molar-refractivity contribution in [2.24, 2.45) is 0 Å². The van der Waals surface area contributed by atoms with Gasteiger partial charge in [0.1, 0.15) is 5.84 Å². The zero-order chi connectivity index (χ0) is 16.7. The van der Waals surface area contributed by atoms with Gasteiger partial charge in [0.05, 0.1) is 22.8 Å². The van der Waals surface area contributed by atoms with E-state index in [2.05, 4.69) is 12.2 Å². The quantitative estimate of drug-likeness (QED) is 0.855. The molecule has 0 aromatic heterocycles. The fourth-order valence-corrected chi connectivity index (χ4v) is 4.02. The topological polar surface area (TPSA) is 56.2 Å². The number of para-hydroxylation sites is 1. The predicted molar refractivity (Wildman–Crippen MR) is 98.6 cm³/mol. The molecule has 4 rings (SSSR count). The van der Waals surface area contributed by atoms with Gasteiger partial charge in [-0.3, -0.25) is 15.1 Å². The largest absolute Gasteiger partial charge is 0.349 e. The van der Waals surface area contributed by atoms with Crippen LogP contribution in [0.2, 0.25) is 0 Å². The zero-order valence-corrected chi connectivity index (χ0v) is 14.1. The molecular formula is C19H17N3OS. The highest BCUT2D eigenvalue weighted by Crippen LogP contribution is 2.44. The zero-order valence-electron chi connectivity index (χ0n) is 13.3. The van der Waals surface area contributed by atoms with E-state index in [-0.39, 0.29) is 18.2 Å². The molecule has 1 fully saturated rings. The Kier molecular flexibility index (Phi) is 3.65. The van der Waals surface area contributed by atoms with Crippen molar-refractivity contribution in [3.8, 4) is 0 Å². The average molecular weight is 335 g/mol. The minimum Gasteiger partial charge on any atom is -0.349 e. The lowest BCUT2D eigenvalue weighted by Crippen LogP contribution is -2.28. The van der Waals surface area contributed by atoms with Crippen LogP contribution in [0.1, 0.15) is 18.9 Å². The number of hydrogen-bond donors (Lipinski definition) is 2. The normalized spacial score (nSPS) is 19.6. The number of hydrogen-bond acceptors (Lipinski definition) is 4. The molecule has 2 aliphatic heterocycles. The standard InChI is InChI=1S/C19H17N3OS/c1-2-12-7-9-13(10-8-12)22-17(23)11-14(18(22)20)19-21-15-5-3-4-6-16(15)24-19/h3-10,20-21H,2,11H2,1H3/b19-14-,20-18?. The molecule has 120 valence electrons. The van der Waals surface area contributed by atoms with E-state index in [1.165, 1.54) is 10.5 Å². The highest BCUT2D eigenvalue weighted by molar-refractivity contribution is 8.03. The summed E-state index contributed by atoms with van der Waals surface area (Å²) in [5, 5.41) is 12.7. The molecule has 1 amide bonds. The lowest BCUT2D eigenvalue weighted by Gasteiger charge is -2.16. The summed E-state index contributed by atoms with van der Waals surface area (Å²) in [4.78, 5) is 15.1. The van der Waals surface area contributed by atoms with Crippen LogP contribution in [0.4, 0.5) is 11.4 Å². The minimum absolute atomic E-state index is 0.0508. The Morgan fingerprint density at radius 3 is 2.62 bits per heavy atom. The lowest BCUT2D eigenvalue weighted by atomic mass is 10.1. The molecule has 2 N–H and O–H groups in total. The van der Waals surface area contributed by atoms with Crippen LogP contribution in [-0.4, -0.2) is 11.7 Å². The van der Waals surface area contributed by atoms with E-state index in [0.717, 1.165) is 33.3 Å². The van der Waals surface area contributed by atoms with Crippen LogP contribution in [0.5, 0.6) is 0 Å². The maximum atomic E-state index is 12.5. The molecular weight excluding hydrogens is 318 g/mol. The molecule has 0 unspecified atom stereocenters. The fraction of sp³-hybridized carbons (Fsp3) is 0.158. The Hall–Kier alpha value is -2.53. The molecule has 0 atom stereocenters. The number of amides is 1. The Morgan fingerprint density at radius 2 is 1.92 bits per heavy atom. The van der Waals surface area contributed by atoms with E-state index in [0.29, 0.717) is 0 Å². The predicted octanol–water partition coefficient (Wildman–Crippen LogP) is 4.39. The maximum absolute atomic E-state index is 12.5. The van der Waals surface area contributed by atoms with Crippen molar-refractivity contribution >= 4 is 34.9 Å². The van der Waals surface area contributed by atoms with Crippen molar-refractivity contribution < 1.29 is 4.79 Å². The summed E-state index contributed by atoms with van der Waals surface area (Å²) in [7, 11) is 0. The van der Waals surface area contributed by atoms with Crippen LogP contribution < -0.4 is 10.2 Å². The molecule has 2 heterocycles. The van der Waals surface area contributed by atoms with Crippen molar-refractivity contribution in [1.29, 1.82) is 5.41 Å². The van der Waals surface area contributed by atoms with Crippen LogP contribution >= 0.6 is 11.8 Å². The number of nitrogens with one attached hydrogen (secondary N) is 2. The summed E-state index contributed by atoms with van der Waals surface area (Å²) in [6.45, 7) is 2.10. The summed E-state index contributed by atoms with van der Waals surface area (Å²) in [6.07, 6.45) is 1.22. The Bertz CT molecular complexity index is 843. The second kappa shape index (κ2) is 5.83. The first-order valence-electron chi connectivity index (χ1n) is 7.95. The van der Waals surface area contributed by atoms with Crippen LogP contribution in [0.15, 0.2) is 64.0 Å². The molecule has 0 saturated carbocycles. The van der Waals surface area contributed by atoms with Crippen molar-refractivity contribution in [2.75, 3.05) is 10.2 Å². The highest BCUT2D eigenvalue weighted by atomic mass is 32.2. The molecule has 0 bridgehead atoms. The average Bonchev–Trinajstić information content (AvgIpc) is 3.15. The first kappa shape index (κ1) is 15.0. The van der Waals surface area contributed by atoms with Gasteiger partial charge in [0.15, 0.2) is 0 Å². The number of aryl methyl sites for hydroxylation is 1. The lowest BCUT2D eigenvalue weighted by molar-refractivity contribution is -0.116. The molecule has 0 spiro atoms. The Morgan fingerprint density at radius 1 is 1.17 bits per heavy atom. The Balaban J connectivity index is 1.66. The van der Waals surface area contributed by atoms with Crippen molar-refractivity contribution in [2.45, 2.75) is 24.7 Å². The number of anilines is 2. The number of nitrogens with zero attached hydrogens (tertiary/aromatic N) is 1. The fourth-order valence-electron chi connectivity index (χ4n) is 2.97. The van der Waals surface area contributed by atoms with E-state index in [1.54, 1.807) is 11.8 Å². The van der Waals surface area contributed by atoms with Gasteiger partial charge in [-0.1, -0.05) is 43.0 Å². The maximum Gasteiger partial charge on any atom is 0.237 e. The van der Waals surface area contributed by atoms with Crippen molar-refractivity contribution in [1.82, 2.24) is 0 Å². The summed E-state index contributed by atoms with van der Waals surface area (Å²) in [6, 6.07) is 15.9. The third kappa shape index (κ3) is 2.41. The van der Waals surface area contributed by atoms with Crippen LogP contribution in [0.25, 0.3) is 0 Å². The number of benzene rings is 2. The van der Waals surface area contributed by atoms with Gasteiger partial charge < -0.3 is 5.32 Å². The van der Waals surface area contributed by atoms with Gasteiger partial charge in [0.2, 0.25) is 5.91 Å². The molecule has 4 nitrogen and oxygen atoms in total. The molecule has 1 saturated heterocycles. The monoisotopic (exact) mass is 335 g/mol. The summed E-state index contributed by atoms with van der Waals surface area (Å²) < 4.78 is 0. The summed E-state index contributed by atoms with van der Waals surface area (Å²) in [5.74, 6) is 0.220. The number of rotatable bonds is 2. The third-order valence-corrected chi connectivity index (χ3v) is 5.44. The Labute approximate surface area is 145 Å². The van der Waals surface area contributed by atoms with E-state index in [9.17, 15) is 4.79 Å². The third-order valence-electron chi connectivity index (χ3n) is 4.31. The van der Waals surface area contributed by atoms with E-state index >= 15 is 0 Å². The number of carbonyl (C=O) groups excluding carboxylic acids is 1. The number of amidine groups is 1. The van der Waals surface area contributed by atoms with Gasteiger partial charge in [0.25, 0.3) is 0 Å². The van der Waals surface area contributed by atoms with Gasteiger partial charge >= 0.3 is 0 Å². The van der Waals surface area contributed by atoms with Gasteiger partial charge in [0, 0.05) is 10.5 Å². The highest BCUT2D eigenvalue weighted by Gasteiger charge is 2.35. The summed E-state index contributed by atoms with van der Waals surface area (Å²) in [5.41, 5.74) is 3.79. The number of carbonyl (C=O) groups is 1. The van der Waals surface area contributed by atoms with Gasteiger partial charge in [-0.05, 0) is 36.2 Å². The van der Waals surface area contributed by atoms with E-state index < -0.39 is 0 Å². The molecule has 0 aliphatic carbocycles. The van der Waals surface area contributed by atoms with Gasteiger partial charge in [-0.25, -0.2) is 0 Å². The molecule has 2 aromatic rings. The first-order chi connectivity index (χ1) is 11.7. The molecule has 5 heteroatoms. The van der Waals surface area contributed by atoms with Crippen LogP contribution in [0.3, 0.4) is 0 Å². The molecule has 2 aromatic carbocycles. The SMILES string of the molecule is CCc1ccc(N2C(=N)/C(=C3/Nc4ccccc4S3)CC2=O)cc1. The second-order valence-corrected chi connectivity index (χ2v) is 6.86. The van der Waals surface area contributed by atoms with Gasteiger partial charge in [-0.2, -0.15) is 0 Å². The van der Waals surface area contributed by atoms with E-state index in [4.69, 9.17) is 5.41 Å². The number of fused-ring (bicyclic) bond motifs is 1. The van der Waals surface area contributed by atoms with Crippen LogP contribution in [-0.2, 0) is 11.2 Å². The minimum atomic E-state index is -0.0508. The molecule has 0 radical (unpaired) electrons. The van der Waals surface area contributed by atoms with Gasteiger partial charge in [-0.15, -0.1) is 0 Å². The summed E-state index contributed by atoms with van der Waals surface area (Å²) >= 11 is 1.59. The number of thioether (sulfide) groups is 1. The van der Waals surface area contributed by atoms with Crippen molar-refractivity contribution in [3.63, 3.8) is 0 Å². The van der Waals surface area contributed by atoms with Crippen molar-refractivity contribution in [3.05, 3.63) is 64.7 Å². The second-order valence-electron chi connectivity index (χ2n) is 5.81. The molecule has 24 heavy (non-hydrogen) atoms. The molecule has 2 aliphatic rings. The smallest absolute Gasteiger partial charge is 0.237 e. The van der Waals surface area contributed by atoms with E-state index in [1.807, 2.05) is 48.5 Å². The first-order valence-corrected chi connectivity index (χ1v) is 8.77.